The molecule has 0 amide bonds. The summed E-state index contributed by atoms with van der Waals surface area (Å²) in [5, 5.41) is 3.01. The van der Waals surface area contributed by atoms with Gasteiger partial charge in [-0.3, -0.25) is 4.79 Å². The van der Waals surface area contributed by atoms with Crippen molar-refractivity contribution in [3.05, 3.63) is 29.8 Å². The first kappa shape index (κ1) is 15.9. The first-order valence-electron chi connectivity index (χ1n) is 5.97. The van der Waals surface area contributed by atoms with E-state index in [0.717, 1.165) is 36.4 Å². The Morgan fingerprint density at radius 3 is 2.84 bits per heavy atom. The van der Waals surface area contributed by atoms with E-state index in [1.54, 1.807) is 0 Å². The van der Waals surface area contributed by atoms with Gasteiger partial charge in [-0.15, -0.1) is 11.8 Å². The van der Waals surface area contributed by atoms with Gasteiger partial charge in [0.2, 0.25) is 0 Å². The molecule has 0 heterocycles. The quantitative estimate of drug-likeness (QED) is 0.618. The Hall–Kier alpha value is -1.14. The van der Waals surface area contributed by atoms with Crippen molar-refractivity contribution in [1.29, 1.82) is 0 Å². The Labute approximate surface area is 115 Å². The summed E-state index contributed by atoms with van der Waals surface area (Å²) in [5.41, 5.74) is 0. The van der Waals surface area contributed by atoms with E-state index in [1.165, 1.54) is 7.11 Å². The summed E-state index contributed by atoms with van der Waals surface area (Å²) in [6.45, 7) is 2.63. The first-order chi connectivity index (χ1) is 9.08. The number of ether oxygens (including phenoxy) is 1. The number of carbonyl (C=O) groups is 1. The summed E-state index contributed by atoms with van der Waals surface area (Å²) >= 11 is 1.09. The van der Waals surface area contributed by atoms with Crippen molar-refractivity contribution in [2.45, 2.75) is 24.3 Å². The molecule has 106 valence electrons. The zero-order valence-corrected chi connectivity index (χ0v) is 11.7. The number of methoxy groups -OCH3 is 1. The zero-order valence-electron chi connectivity index (χ0n) is 10.9. The van der Waals surface area contributed by atoms with Crippen molar-refractivity contribution < 1.29 is 18.3 Å². The van der Waals surface area contributed by atoms with Crippen LogP contribution in [0, 0.1) is 11.6 Å². The summed E-state index contributed by atoms with van der Waals surface area (Å²) in [6.07, 6.45) is 0.868. The Morgan fingerprint density at radius 1 is 1.47 bits per heavy atom. The van der Waals surface area contributed by atoms with Gasteiger partial charge >= 0.3 is 5.97 Å². The smallest absolute Gasteiger partial charge is 0.323 e. The number of hydrogen-bond acceptors (Lipinski definition) is 4. The standard InChI is InChI=1S/C13H17F2NO2S/c1-3-6-16-11(13(17)18-2)8-19-12-7-9(14)4-5-10(12)15/h4-5,7,11,16H,3,6,8H2,1-2H3. The van der Waals surface area contributed by atoms with Gasteiger partial charge < -0.3 is 10.1 Å². The largest absolute Gasteiger partial charge is 0.468 e. The van der Waals surface area contributed by atoms with Gasteiger partial charge in [-0.25, -0.2) is 8.78 Å². The molecule has 3 nitrogen and oxygen atoms in total. The molecule has 19 heavy (non-hydrogen) atoms. The van der Waals surface area contributed by atoms with Crippen LogP contribution < -0.4 is 5.32 Å². The van der Waals surface area contributed by atoms with E-state index in [4.69, 9.17) is 0 Å². The lowest BCUT2D eigenvalue weighted by atomic mass is 10.3. The minimum absolute atomic E-state index is 0.187. The molecule has 0 fully saturated rings. The van der Waals surface area contributed by atoms with Crippen molar-refractivity contribution in [2.75, 3.05) is 19.4 Å². The van der Waals surface area contributed by atoms with Gasteiger partial charge in [-0.1, -0.05) is 6.92 Å². The fraction of sp³-hybridized carbons (Fsp3) is 0.462. The van der Waals surface area contributed by atoms with Crippen LogP contribution in [-0.2, 0) is 9.53 Å². The van der Waals surface area contributed by atoms with E-state index >= 15 is 0 Å². The Kier molecular flexibility index (Phi) is 6.80. The molecule has 0 spiro atoms. The summed E-state index contributed by atoms with van der Waals surface area (Å²) in [7, 11) is 1.30. The van der Waals surface area contributed by atoms with Crippen molar-refractivity contribution in [1.82, 2.24) is 5.32 Å². The lowest BCUT2D eigenvalue weighted by Gasteiger charge is -2.15. The minimum Gasteiger partial charge on any atom is -0.468 e. The van der Waals surface area contributed by atoms with Crippen LogP contribution in [0.3, 0.4) is 0 Å². The number of hydrogen-bond donors (Lipinski definition) is 1. The number of nitrogens with one attached hydrogen (secondary N) is 1. The molecule has 0 radical (unpaired) electrons. The van der Waals surface area contributed by atoms with Crippen molar-refractivity contribution in [2.24, 2.45) is 0 Å². The van der Waals surface area contributed by atoms with E-state index in [2.05, 4.69) is 10.1 Å². The second kappa shape index (κ2) is 8.12. The Morgan fingerprint density at radius 2 is 2.21 bits per heavy atom. The van der Waals surface area contributed by atoms with Gasteiger partial charge in [0.05, 0.1) is 7.11 Å². The van der Waals surface area contributed by atoms with Crippen LogP contribution in [0.5, 0.6) is 0 Å². The average molecular weight is 289 g/mol. The third-order valence-corrected chi connectivity index (χ3v) is 3.55. The maximum atomic E-state index is 13.4. The molecule has 0 aliphatic heterocycles. The maximum absolute atomic E-state index is 13.4. The monoisotopic (exact) mass is 289 g/mol. The molecule has 0 aliphatic rings. The third-order valence-electron chi connectivity index (χ3n) is 2.43. The average Bonchev–Trinajstić information content (AvgIpc) is 2.41. The van der Waals surface area contributed by atoms with E-state index in [9.17, 15) is 13.6 Å². The van der Waals surface area contributed by atoms with Crippen LogP contribution in [0.15, 0.2) is 23.1 Å². The summed E-state index contributed by atoms with van der Waals surface area (Å²) < 4.78 is 31.1. The van der Waals surface area contributed by atoms with E-state index in [0.29, 0.717) is 6.54 Å². The first-order valence-corrected chi connectivity index (χ1v) is 6.96. The molecule has 1 unspecified atom stereocenters. The molecule has 0 saturated carbocycles. The van der Waals surface area contributed by atoms with Crippen molar-refractivity contribution in [3.63, 3.8) is 0 Å². The number of carbonyl (C=O) groups excluding carboxylic acids is 1. The highest BCUT2D eigenvalue weighted by molar-refractivity contribution is 7.99. The normalized spacial score (nSPS) is 12.2. The van der Waals surface area contributed by atoms with Gasteiger partial charge in [0.15, 0.2) is 0 Å². The lowest BCUT2D eigenvalue weighted by molar-refractivity contribution is -0.142. The summed E-state index contributed by atoms with van der Waals surface area (Å²) in [5.74, 6) is -1.11. The molecular formula is C13H17F2NO2S. The van der Waals surface area contributed by atoms with Gasteiger partial charge in [-0.2, -0.15) is 0 Å². The third kappa shape index (κ3) is 5.16. The minimum atomic E-state index is -0.530. The van der Waals surface area contributed by atoms with Crippen LogP contribution in [0.2, 0.25) is 0 Å². The molecule has 0 bridgehead atoms. The van der Waals surface area contributed by atoms with Crippen molar-refractivity contribution in [3.8, 4) is 0 Å². The molecule has 1 aromatic rings. The molecule has 1 N–H and O–H groups in total. The number of halogens is 2. The Bertz CT molecular complexity index is 429. The van der Waals surface area contributed by atoms with Crippen molar-refractivity contribution >= 4 is 17.7 Å². The molecule has 1 atom stereocenters. The van der Waals surface area contributed by atoms with E-state index < -0.39 is 23.6 Å². The number of esters is 1. The van der Waals surface area contributed by atoms with Crippen LogP contribution in [-0.4, -0.2) is 31.4 Å². The van der Waals surface area contributed by atoms with Gasteiger partial charge in [0.25, 0.3) is 0 Å². The molecule has 6 heteroatoms. The fourth-order valence-corrected chi connectivity index (χ4v) is 2.43. The van der Waals surface area contributed by atoms with Crippen LogP contribution in [0.25, 0.3) is 0 Å². The highest BCUT2D eigenvalue weighted by Crippen LogP contribution is 2.23. The number of rotatable bonds is 7. The molecular weight excluding hydrogens is 272 g/mol. The molecule has 0 saturated heterocycles. The second-order valence-corrected chi connectivity index (χ2v) is 4.98. The SMILES string of the molecule is CCCNC(CSc1cc(F)ccc1F)C(=O)OC. The van der Waals surface area contributed by atoms with Gasteiger partial charge in [-0.05, 0) is 31.2 Å². The summed E-state index contributed by atoms with van der Waals surface area (Å²) in [6, 6.07) is 2.72. The second-order valence-electron chi connectivity index (χ2n) is 3.92. The van der Waals surface area contributed by atoms with Gasteiger partial charge in [0.1, 0.15) is 17.7 Å². The van der Waals surface area contributed by atoms with E-state index in [1.807, 2.05) is 6.92 Å². The van der Waals surface area contributed by atoms with E-state index in [-0.39, 0.29) is 10.6 Å². The Balaban J connectivity index is 2.64. The zero-order chi connectivity index (χ0) is 14.3. The summed E-state index contributed by atoms with van der Waals surface area (Å²) in [4.78, 5) is 11.7. The molecule has 1 aromatic carbocycles. The fourth-order valence-electron chi connectivity index (χ4n) is 1.43. The topological polar surface area (TPSA) is 38.3 Å². The van der Waals surface area contributed by atoms with Crippen LogP contribution >= 0.6 is 11.8 Å². The highest BCUT2D eigenvalue weighted by atomic mass is 32.2. The predicted octanol–water partition coefficient (Wildman–Crippen LogP) is 2.60. The molecule has 0 aliphatic carbocycles. The lowest BCUT2D eigenvalue weighted by Crippen LogP contribution is -2.40. The van der Waals surface area contributed by atoms with Gasteiger partial charge in [0, 0.05) is 10.6 Å². The maximum Gasteiger partial charge on any atom is 0.323 e. The molecule has 1 rings (SSSR count). The van der Waals surface area contributed by atoms with Crippen LogP contribution in [0.1, 0.15) is 13.3 Å². The predicted molar refractivity (Wildman–Crippen MR) is 71.2 cm³/mol. The van der Waals surface area contributed by atoms with Crippen LogP contribution in [0.4, 0.5) is 8.78 Å². The highest BCUT2D eigenvalue weighted by Gasteiger charge is 2.19. The number of thioether (sulfide) groups is 1. The number of benzene rings is 1. The molecule has 0 aromatic heterocycles.